The van der Waals surface area contributed by atoms with Crippen LogP contribution in [-0.2, 0) is 0 Å². The maximum absolute atomic E-state index is 12.8. The molecule has 2 rings (SSSR count). The number of hydrogen-bond acceptors (Lipinski definition) is 0. The molecule has 0 bridgehead atoms. The number of aryl methyl sites for hydroxylation is 5. The Morgan fingerprint density at radius 1 is 0.632 bits per heavy atom. The van der Waals surface area contributed by atoms with Crippen LogP contribution in [0.15, 0.2) is 30.3 Å². The summed E-state index contributed by atoms with van der Waals surface area (Å²) in [7, 11) is 0. The third-order valence-electron chi connectivity index (χ3n) is 3.41. The summed E-state index contributed by atoms with van der Waals surface area (Å²) in [5.41, 5.74) is 6.87. The van der Waals surface area contributed by atoms with E-state index in [1.165, 1.54) is 16.7 Å². The van der Waals surface area contributed by atoms with E-state index >= 15 is 0 Å². The van der Waals surface area contributed by atoms with Crippen LogP contribution in [0.1, 0.15) is 33.4 Å². The molecule has 2 aromatic carbocycles. The van der Waals surface area contributed by atoms with Crippen LogP contribution in [0, 0.1) is 47.4 Å². The van der Waals surface area contributed by atoms with Crippen molar-refractivity contribution in [1.82, 2.24) is 0 Å². The van der Waals surface area contributed by atoms with Crippen LogP contribution in [0.3, 0.4) is 0 Å². The summed E-state index contributed by atoms with van der Waals surface area (Å²) >= 11 is 0. The maximum Gasteiger partial charge on any atom is 0.126 e. The zero-order valence-electron chi connectivity index (χ0n) is 12.8. The van der Waals surface area contributed by atoms with Crippen LogP contribution in [0.25, 0.3) is 0 Å². The molecule has 0 saturated carbocycles. The van der Waals surface area contributed by atoms with E-state index in [-0.39, 0.29) is 5.82 Å². The molecule has 102 valence electrons. The van der Waals surface area contributed by atoms with Crippen molar-refractivity contribution in [1.29, 1.82) is 0 Å². The first-order valence-electron chi connectivity index (χ1n) is 6.58. The Hall–Kier alpha value is -1.63. The van der Waals surface area contributed by atoms with Crippen LogP contribution < -0.4 is 0 Å². The van der Waals surface area contributed by atoms with E-state index in [9.17, 15) is 4.39 Å². The predicted octanol–water partition coefficient (Wildman–Crippen LogP) is 5.36. The van der Waals surface area contributed by atoms with Gasteiger partial charge >= 0.3 is 0 Å². The van der Waals surface area contributed by atoms with Gasteiger partial charge in [-0.05, 0) is 75.4 Å². The Bertz CT molecular complexity index is 545. The van der Waals surface area contributed by atoms with E-state index < -0.39 is 0 Å². The second kappa shape index (κ2) is 6.51. The molecule has 0 aliphatic carbocycles. The first kappa shape index (κ1) is 15.4. The third kappa shape index (κ3) is 4.51. The van der Waals surface area contributed by atoms with E-state index in [0.717, 1.165) is 16.7 Å². The topological polar surface area (TPSA) is 0 Å². The highest BCUT2D eigenvalue weighted by atomic mass is 19.1. The van der Waals surface area contributed by atoms with Crippen molar-refractivity contribution in [2.45, 2.75) is 41.5 Å². The molecular weight excluding hydrogens is 235 g/mol. The van der Waals surface area contributed by atoms with E-state index in [2.05, 4.69) is 39.0 Å². The molecule has 2 aromatic rings. The van der Waals surface area contributed by atoms with Crippen molar-refractivity contribution >= 4 is 0 Å². The highest BCUT2D eigenvalue weighted by molar-refractivity contribution is 5.30. The molecule has 0 spiro atoms. The van der Waals surface area contributed by atoms with Gasteiger partial charge < -0.3 is 0 Å². The quantitative estimate of drug-likeness (QED) is 0.596. The average molecular weight is 258 g/mol. The van der Waals surface area contributed by atoms with Gasteiger partial charge in [0.05, 0.1) is 0 Å². The molecule has 0 saturated heterocycles. The molecule has 0 aliphatic heterocycles. The lowest BCUT2D eigenvalue weighted by molar-refractivity contribution is 0.615. The minimum Gasteiger partial charge on any atom is -0.207 e. The van der Waals surface area contributed by atoms with Gasteiger partial charge in [-0.15, -0.1) is 0 Å². The number of halogens is 1. The lowest BCUT2D eigenvalue weighted by atomic mass is 10.1. The zero-order valence-corrected chi connectivity index (χ0v) is 12.8. The number of benzene rings is 2. The summed E-state index contributed by atoms with van der Waals surface area (Å²) in [6.45, 7) is 12.0. The van der Waals surface area contributed by atoms with Gasteiger partial charge in [-0.1, -0.05) is 29.8 Å². The van der Waals surface area contributed by atoms with Crippen molar-refractivity contribution < 1.29 is 4.39 Å². The van der Waals surface area contributed by atoms with Crippen molar-refractivity contribution in [3.63, 3.8) is 0 Å². The van der Waals surface area contributed by atoms with Crippen molar-refractivity contribution in [3.05, 3.63) is 69.5 Å². The lowest BCUT2D eigenvalue weighted by Crippen LogP contribution is -1.87. The molecule has 0 amide bonds. The molecule has 0 unspecified atom stereocenters. The minimum absolute atomic E-state index is 0.0995. The molecule has 0 nitrogen and oxygen atoms in total. The molecule has 1 heteroatoms. The molecular formula is C18H23F. The molecule has 0 atom stereocenters. The van der Waals surface area contributed by atoms with Gasteiger partial charge in [-0.2, -0.15) is 0 Å². The summed E-state index contributed by atoms with van der Waals surface area (Å²) in [4.78, 5) is 0. The fourth-order valence-corrected chi connectivity index (χ4v) is 1.88. The molecule has 0 aromatic heterocycles. The molecule has 0 aliphatic rings. The van der Waals surface area contributed by atoms with Gasteiger partial charge in [-0.25, -0.2) is 4.39 Å². The zero-order chi connectivity index (χ0) is 14.6. The minimum atomic E-state index is -0.0995. The first-order chi connectivity index (χ1) is 8.81. The van der Waals surface area contributed by atoms with Crippen molar-refractivity contribution in [3.8, 4) is 0 Å². The van der Waals surface area contributed by atoms with Crippen molar-refractivity contribution in [2.75, 3.05) is 0 Å². The highest BCUT2D eigenvalue weighted by Gasteiger charge is 1.99. The van der Waals surface area contributed by atoms with Crippen molar-refractivity contribution in [2.24, 2.45) is 0 Å². The second-order valence-corrected chi connectivity index (χ2v) is 5.28. The number of hydrogen-bond donors (Lipinski definition) is 0. The smallest absolute Gasteiger partial charge is 0.126 e. The third-order valence-corrected chi connectivity index (χ3v) is 3.41. The molecule has 0 radical (unpaired) electrons. The average Bonchev–Trinajstić information content (AvgIpc) is 2.32. The van der Waals surface area contributed by atoms with Gasteiger partial charge in [-0.3, -0.25) is 0 Å². The Kier molecular flexibility index (Phi) is 5.29. The monoisotopic (exact) mass is 258 g/mol. The maximum atomic E-state index is 12.8. The van der Waals surface area contributed by atoms with Gasteiger partial charge in [0.1, 0.15) is 5.82 Å². The van der Waals surface area contributed by atoms with E-state index in [0.29, 0.717) is 0 Å². The van der Waals surface area contributed by atoms with Crippen LogP contribution in [0.5, 0.6) is 0 Å². The SMILES string of the molecule is Cc1cc(C)c(C)c(F)c1.Cc1ccc(C)c(C)c1. The summed E-state index contributed by atoms with van der Waals surface area (Å²) < 4.78 is 12.8. The first-order valence-corrected chi connectivity index (χ1v) is 6.58. The number of rotatable bonds is 0. The van der Waals surface area contributed by atoms with Crippen LogP contribution in [-0.4, -0.2) is 0 Å². The largest absolute Gasteiger partial charge is 0.207 e. The van der Waals surface area contributed by atoms with Gasteiger partial charge in [0.15, 0.2) is 0 Å². The Morgan fingerprint density at radius 3 is 1.68 bits per heavy atom. The van der Waals surface area contributed by atoms with E-state index in [1.54, 1.807) is 13.0 Å². The van der Waals surface area contributed by atoms with Gasteiger partial charge in [0.2, 0.25) is 0 Å². The summed E-state index contributed by atoms with van der Waals surface area (Å²) in [5, 5.41) is 0. The van der Waals surface area contributed by atoms with Crippen LogP contribution in [0.4, 0.5) is 4.39 Å². The van der Waals surface area contributed by atoms with Crippen LogP contribution >= 0.6 is 0 Å². The Labute approximate surface area is 116 Å². The van der Waals surface area contributed by atoms with Gasteiger partial charge in [0.25, 0.3) is 0 Å². The van der Waals surface area contributed by atoms with E-state index in [1.807, 2.05) is 19.9 Å². The fourth-order valence-electron chi connectivity index (χ4n) is 1.88. The van der Waals surface area contributed by atoms with E-state index in [4.69, 9.17) is 0 Å². The molecule has 19 heavy (non-hydrogen) atoms. The standard InChI is InChI=1S/C9H11F.C9H12/c1-6-4-7(2)8(3)9(10)5-6;1-7-4-5-8(2)9(3)6-7/h4-5H,1-3H3;4-6H,1-3H3. The molecule has 0 N–H and O–H groups in total. The second-order valence-electron chi connectivity index (χ2n) is 5.28. The Morgan fingerprint density at radius 2 is 1.21 bits per heavy atom. The summed E-state index contributed by atoms with van der Waals surface area (Å²) in [6, 6.07) is 10.0. The summed E-state index contributed by atoms with van der Waals surface area (Å²) in [6.07, 6.45) is 0. The Balaban J connectivity index is 0.000000191. The normalized spacial score (nSPS) is 9.84. The predicted molar refractivity (Wildman–Crippen MR) is 81.3 cm³/mol. The van der Waals surface area contributed by atoms with Crippen LogP contribution in [0.2, 0.25) is 0 Å². The van der Waals surface area contributed by atoms with Gasteiger partial charge in [0, 0.05) is 0 Å². The molecule has 0 fully saturated rings. The fraction of sp³-hybridized carbons (Fsp3) is 0.333. The highest BCUT2D eigenvalue weighted by Crippen LogP contribution is 2.13. The lowest BCUT2D eigenvalue weighted by Gasteiger charge is -2.01. The summed E-state index contributed by atoms with van der Waals surface area (Å²) in [5.74, 6) is -0.0995. The molecule has 0 heterocycles.